The molecule has 0 fully saturated rings. The smallest absolute Gasteiger partial charge is 0.179 e. The molecule has 0 radical (unpaired) electrons. The molecule has 0 aromatic carbocycles. The summed E-state index contributed by atoms with van der Waals surface area (Å²) in [7, 11) is 0. The molecule has 0 aromatic rings. The van der Waals surface area contributed by atoms with Crippen LogP contribution in [-0.4, -0.2) is 23.6 Å². The molecule has 1 aliphatic heterocycles. The van der Waals surface area contributed by atoms with E-state index in [2.05, 4.69) is 0 Å². The Morgan fingerprint density at radius 3 is 3.11 bits per heavy atom. The van der Waals surface area contributed by atoms with Crippen LogP contribution in [0.4, 0.5) is 0 Å². The number of allylic oxidation sites excluding steroid dienone is 1. The number of aliphatic hydroxyl groups is 1. The molecular weight excluding hydrogens is 120 g/mol. The lowest BCUT2D eigenvalue weighted by Gasteiger charge is -2.14. The molecule has 1 heterocycles. The third kappa shape index (κ3) is 1.29. The lowest BCUT2D eigenvalue weighted by molar-refractivity contribution is -0.129. The Morgan fingerprint density at radius 2 is 2.67 bits per heavy atom. The van der Waals surface area contributed by atoms with Crippen LogP contribution in [0.2, 0.25) is 0 Å². The third-order valence-corrected chi connectivity index (χ3v) is 1.18. The number of rotatable bonds is 1. The monoisotopic (exact) mass is 128 g/mol. The van der Waals surface area contributed by atoms with E-state index in [1.807, 2.05) is 0 Å². The maximum Gasteiger partial charge on any atom is 0.179 e. The van der Waals surface area contributed by atoms with Crippen LogP contribution in [0.5, 0.6) is 0 Å². The Bertz CT molecular complexity index is 139. The number of aliphatic hydroxyl groups excluding tert-OH is 1. The predicted molar refractivity (Wildman–Crippen MR) is 30.7 cm³/mol. The molecule has 0 saturated carbocycles. The quantitative estimate of drug-likeness (QED) is 0.534. The first kappa shape index (κ1) is 6.29. The standard InChI is InChI=1S/C6H8O3/c7-4-6-5(8)2-1-3-9-6/h1,3,6-7H,2,4H2/t6-/m1/s1. The van der Waals surface area contributed by atoms with Crippen molar-refractivity contribution in [1.82, 2.24) is 0 Å². The van der Waals surface area contributed by atoms with Gasteiger partial charge in [0.25, 0.3) is 0 Å². The summed E-state index contributed by atoms with van der Waals surface area (Å²) in [5.74, 6) is -0.0556. The summed E-state index contributed by atoms with van der Waals surface area (Å²) in [6.45, 7) is -0.219. The van der Waals surface area contributed by atoms with E-state index in [1.54, 1.807) is 6.08 Å². The van der Waals surface area contributed by atoms with Crippen LogP contribution in [0, 0.1) is 0 Å². The van der Waals surface area contributed by atoms with E-state index >= 15 is 0 Å². The van der Waals surface area contributed by atoms with Gasteiger partial charge in [0.05, 0.1) is 12.9 Å². The van der Waals surface area contributed by atoms with Crippen molar-refractivity contribution >= 4 is 5.78 Å². The van der Waals surface area contributed by atoms with Crippen LogP contribution in [0.3, 0.4) is 0 Å². The topological polar surface area (TPSA) is 46.5 Å². The molecule has 1 atom stereocenters. The van der Waals surface area contributed by atoms with E-state index in [9.17, 15) is 4.79 Å². The summed E-state index contributed by atoms with van der Waals surface area (Å²) in [6, 6.07) is 0. The van der Waals surface area contributed by atoms with E-state index in [0.29, 0.717) is 6.42 Å². The van der Waals surface area contributed by atoms with Gasteiger partial charge in [0, 0.05) is 6.42 Å². The number of hydrogen-bond donors (Lipinski definition) is 1. The second-order valence-corrected chi connectivity index (χ2v) is 1.85. The largest absolute Gasteiger partial charge is 0.488 e. The fourth-order valence-electron chi connectivity index (χ4n) is 0.667. The fourth-order valence-corrected chi connectivity index (χ4v) is 0.667. The second kappa shape index (κ2) is 2.64. The molecule has 0 unspecified atom stereocenters. The molecule has 0 spiro atoms. The van der Waals surface area contributed by atoms with E-state index in [-0.39, 0.29) is 12.4 Å². The van der Waals surface area contributed by atoms with Gasteiger partial charge >= 0.3 is 0 Å². The maximum absolute atomic E-state index is 10.7. The fraction of sp³-hybridized carbons (Fsp3) is 0.500. The summed E-state index contributed by atoms with van der Waals surface area (Å²) >= 11 is 0. The van der Waals surface area contributed by atoms with Gasteiger partial charge in [0.2, 0.25) is 0 Å². The number of hydrogen-bond acceptors (Lipinski definition) is 3. The molecule has 0 amide bonds. The Labute approximate surface area is 52.9 Å². The molecule has 0 bridgehead atoms. The van der Waals surface area contributed by atoms with Gasteiger partial charge in [0.15, 0.2) is 11.9 Å². The average molecular weight is 128 g/mol. The zero-order chi connectivity index (χ0) is 6.69. The summed E-state index contributed by atoms with van der Waals surface area (Å²) < 4.78 is 4.76. The van der Waals surface area contributed by atoms with Crippen molar-refractivity contribution in [2.75, 3.05) is 6.61 Å². The Balaban J connectivity index is 2.53. The highest BCUT2D eigenvalue weighted by Gasteiger charge is 2.18. The molecular formula is C6H8O3. The van der Waals surface area contributed by atoms with Gasteiger partial charge < -0.3 is 9.84 Å². The maximum atomic E-state index is 10.7. The lowest BCUT2D eigenvalue weighted by Crippen LogP contribution is -2.27. The Kier molecular flexibility index (Phi) is 1.85. The van der Waals surface area contributed by atoms with Crippen LogP contribution < -0.4 is 0 Å². The first-order valence-corrected chi connectivity index (χ1v) is 2.78. The van der Waals surface area contributed by atoms with Crippen LogP contribution in [-0.2, 0) is 9.53 Å². The van der Waals surface area contributed by atoms with Crippen molar-refractivity contribution in [1.29, 1.82) is 0 Å². The third-order valence-electron chi connectivity index (χ3n) is 1.18. The van der Waals surface area contributed by atoms with E-state index in [4.69, 9.17) is 9.84 Å². The molecule has 3 heteroatoms. The normalized spacial score (nSPS) is 25.9. The summed E-state index contributed by atoms with van der Waals surface area (Å²) in [6.07, 6.45) is 2.84. The first-order chi connectivity index (χ1) is 4.34. The zero-order valence-corrected chi connectivity index (χ0v) is 4.91. The lowest BCUT2D eigenvalue weighted by atomic mass is 10.1. The molecule has 50 valence electrons. The Morgan fingerprint density at radius 1 is 1.89 bits per heavy atom. The highest BCUT2D eigenvalue weighted by Crippen LogP contribution is 2.04. The molecule has 1 rings (SSSR count). The van der Waals surface area contributed by atoms with Crippen molar-refractivity contribution in [3.05, 3.63) is 12.3 Å². The van der Waals surface area contributed by atoms with Crippen molar-refractivity contribution in [2.24, 2.45) is 0 Å². The minimum Gasteiger partial charge on any atom is -0.488 e. The van der Waals surface area contributed by atoms with Gasteiger partial charge in [-0.15, -0.1) is 0 Å². The molecule has 0 saturated heterocycles. The van der Waals surface area contributed by atoms with Gasteiger partial charge in [0.1, 0.15) is 0 Å². The van der Waals surface area contributed by atoms with E-state index < -0.39 is 6.10 Å². The highest BCUT2D eigenvalue weighted by molar-refractivity contribution is 5.85. The number of carbonyl (C=O) groups excluding carboxylic acids is 1. The first-order valence-electron chi connectivity index (χ1n) is 2.78. The summed E-state index contributed by atoms with van der Waals surface area (Å²) in [5.41, 5.74) is 0. The highest BCUT2D eigenvalue weighted by atomic mass is 16.5. The van der Waals surface area contributed by atoms with Crippen LogP contribution in [0.15, 0.2) is 12.3 Å². The SMILES string of the molecule is O=C1CC=CO[C@@H]1CO. The van der Waals surface area contributed by atoms with Gasteiger partial charge in [-0.1, -0.05) is 0 Å². The van der Waals surface area contributed by atoms with Crippen LogP contribution in [0.1, 0.15) is 6.42 Å². The number of carbonyl (C=O) groups is 1. The van der Waals surface area contributed by atoms with Gasteiger partial charge in [-0.3, -0.25) is 4.79 Å². The molecule has 1 N–H and O–H groups in total. The number of Topliss-reactive ketones (excluding diaryl/α,β-unsaturated/α-hetero) is 1. The van der Waals surface area contributed by atoms with Crippen molar-refractivity contribution < 1.29 is 14.6 Å². The molecule has 3 nitrogen and oxygen atoms in total. The minimum absolute atomic E-state index is 0.0556. The van der Waals surface area contributed by atoms with Crippen LogP contribution >= 0.6 is 0 Å². The summed E-state index contributed by atoms with van der Waals surface area (Å²) in [4.78, 5) is 10.7. The van der Waals surface area contributed by atoms with Gasteiger partial charge in [-0.25, -0.2) is 0 Å². The van der Waals surface area contributed by atoms with Crippen molar-refractivity contribution in [3.63, 3.8) is 0 Å². The number of ketones is 1. The zero-order valence-electron chi connectivity index (χ0n) is 4.91. The number of ether oxygens (including phenoxy) is 1. The van der Waals surface area contributed by atoms with Crippen molar-refractivity contribution in [2.45, 2.75) is 12.5 Å². The van der Waals surface area contributed by atoms with Crippen molar-refractivity contribution in [3.8, 4) is 0 Å². The van der Waals surface area contributed by atoms with Gasteiger partial charge in [-0.05, 0) is 6.08 Å². The Hall–Kier alpha value is -0.830. The molecule has 0 aromatic heterocycles. The minimum atomic E-state index is -0.616. The molecule has 1 aliphatic rings. The predicted octanol–water partition coefficient (Wildman–Crippen LogP) is -0.150. The van der Waals surface area contributed by atoms with E-state index in [0.717, 1.165) is 0 Å². The molecule has 9 heavy (non-hydrogen) atoms. The van der Waals surface area contributed by atoms with Gasteiger partial charge in [-0.2, -0.15) is 0 Å². The second-order valence-electron chi connectivity index (χ2n) is 1.85. The van der Waals surface area contributed by atoms with Crippen LogP contribution in [0.25, 0.3) is 0 Å². The van der Waals surface area contributed by atoms with E-state index in [1.165, 1.54) is 6.26 Å². The average Bonchev–Trinajstić information content (AvgIpc) is 1.89. The molecule has 0 aliphatic carbocycles. The summed E-state index contributed by atoms with van der Waals surface area (Å²) in [5, 5.41) is 8.48.